The number of carbonyl (C=O) groups is 1. The van der Waals surface area contributed by atoms with Crippen LogP contribution < -0.4 is 11.1 Å². The van der Waals surface area contributed by atoms with Crippen LogP contribution in [0.25, 0.3) is 0 Å². The molecule has 3 N–H and O–H groups in total. The summed E-state index contributed by atoms with van der Waals surface area (Å²) < 4.78 is 0. The third-order valence-electron chi connectivity index (χ3n) is 4.73. The van der Waals surface area contributed by atoms with E-state index in [2.05, 4.69) is 12.2 Å². The standard InChI is InChI=1S/C15H28N2O.ClH/c1-2-12(9-11-5-3-4-6-11)15(18)17-14(10-16)13-7-8-13;/h11-14H,2-10,16H2,1H3,(H,17,18);1H. The molecule has 2 rings (SSSR count). The Morgan fingerprint density at radius 2 is 1.89 bits per heavy atom. The van der Waals surface area contributed by atoms with Gasteiger partial charge in [-0.3, -0.25) is 4.79 Å². The van der Waals surface area contributed by atoms with E-state index in [0.717, 1.165) is 18.8 Å². The van der Waals surface area contributed by atoms with Gasteiger partial charge in [0.05, 0.1) is 0 Å². The highest BCUT2D eigenvalue weighted by Crippen LogP contribution is 2.33. The lowest BCUT2D eigenvalue weighted by atomic mass is 9.90. The fraction of sp³-hybridized carbons (Fsp3) is 0.933. The van der Waals surface area contributed by atoms with Gasteiger partial charge < -0.3 is 11.1 Å². The molecular formula is C15H29ClN2O. The van der Waals surface area contributed by atoms with E-state index in [1.807, 2.05) is 0 Å². The van der Waals surface area contributed by atoms with Gasteiger partial charge in [0, 0.05) is 18.5 Å². The maximum atomic E-state index is 12.3. The molecule has 0 spiro atoms. The molecule has 2 aliphatic carbocycles. The Hall–Kier alpha value is -0.280. The molecule has 2 saturated carbocycles. The minimum Gasteiger partial charge on any atom is -0.352 e. The van der Waals surface area contributed by atoms with Crippen molar-refractivity contribution in [2.75, 3.05) is 6.54 Å². The molecule has 0 heterocycles. The minimum absolute atomic E-state index is 0. The lowest BCUT2D eigenvalue weighted by Gasteiger charge is -2.22. The Balaban J connectivity index is 0.00000180. The average molecular weight is 289 g/mol. The summed E-state index contributed by atoms with van der Waals surface area (Å²) in [5, 5.41) is 3.19. The summed E-state index contributed by atoms with van der Waals surface area (Å²) in [6.45, 7) is 2.73. The molecule has 4 heteroatoms. The van der Waals surface area contributed by atoms with Crippen LogP contribution in [-0.2, 0) is 4.79 Å². The lowest BCUT2D eigenvalue weighted by Crippen LogP contribution is -2.44. The van der Waals surface area contributed by atoms with Gasteiger partial charge in [-0.05, 0) is 37.5 Å². The van der Waals surface area contributed by atoms with Crippen LogP contribution in [0.4, 0.5) is 0 Å². The fourth-order valence-corrected chi connectivity index (χ4v) is 3.28. The highest BCUT2D eigenvalue weighted by atomic mass is 35.5. The number of halogens is 1. The number of nitrogens with one attached hydrogen (secondary N) is 1. The molecule has 3 nitrogen and oxygen atoms in total. The monoisotopic (exact) mass is 288 g/mol. The van der Waals surface area contributed by atoms with Crippen molar-refractivity contribution in [2.24, 2.45) is 23.5 Å². The van der Waals surface area contributed by atoms with E-state index in [0.29, 0.717) is 12.5 Å². The number of rotatable bonds is 7. The first-order chi connectivity index (χ1) is 8.74. The van der Waals surface area contributed by atoms with E-state index in [1.54, 1.807) is 0 Å². The Morgan fingerprint density at radius 3 is 2.37 bits per heavy atom. The number of hydrogen-bond acceptors (Lipinski definition) is 2. The predicted octanol–water partition coefficient (Wildman–Crippen LogP) is 2.87. The van der Waals surface area contributed by atoms with Crippen LogP contribution in [0, 0.1) is 17.8 Å². The SMILES string of the molecule is CCC(CC1CCCC1)C(=O)NC(CN)C1CC1.Cl. The molecular weight excluding hydrogens is 260 g/mol. The normalized spacial score (nSPS) is 22.6. The van der Waals surface area contributed by atoms with Crippen molar-refractivity contribution < 1.29 is 4.79 Å². The first-order valence-corrected chi connectivity index (χ1v) is 7.75. The number of nitrogens with two attached hydrogens (primary N) is 1. The third kappa shape index (κ3) is 4.96. The Bertz CT molecular complexity index is 275. The van der Waals surface area contributed by atoms with E-state index in [1.165, 1.54) is 38.5 Å². The van der Waals surface area contributed by atoms with Crippen LogP contribution in [0.2, 0.25) is 0 Å². The van der Waals surface area contributed by atoms with E-state index in [-0.39, 0.29) is 30.3 Å². The highest BCUT2D eigenvalue weighted by Gasteiger charge is 2.33. The summed E-state index contributed by atoms with van der Waals surface area (Å²) in [5.41, 5.74) is 5.75. The second-order valence-electron chi connectivity index (χ2n) is 6.18. The molecule has 112 valence electrons. The van der Waals surface area contributed by atoms with Gasteiger partial charge in [0.1, 0.15) is 0 Å². The maximum absolute atomic E-state index is 12.3. The Morgan fingerprint density at radius 1 is 1.26 bits per heavy atom. The molecule has 2 aliphatic rings. The molecule has 0 aromatic rings. The van der Waals surface area contributed by atoms with Crippen LogP contribution in [0.1, 0.15) is 58.3 Å². The summed E-state index contributed by atoms with van der Waals surface area (Å²) >= 11 is 0. The molecule has 0 aliphatic heterocycles. The predicted molar refractivity (Wildman–Crippen MR) is 81.3 cm³/mol. The zero-order valence-corrected chi connectivity index (χ0v) is 12.9. The molecule has 19 heavy (non-hydrogen) atoms. The van der Waals surface area contributed by atoms with Gasteiger partial charge in [-0.1, -0.05) is 32.6 Å². The van der Waals surface area contributed by atoms with Gasteiger partial charge in [0.25, 0.3) is 0 Å². The van der Waals surface area contributed by atoms with Gasteiger partial charge in [-0.25, -0.2) is 0 Å². The summed E-state index contributed by atoms with van der Waals surface area (Å²) in [6.07, 6.45) is 9.89. The average Bonchev–Trinajstić information content (AvgIpc) is 3.09. The van der Waals surface area contributed by atoms with Gasteiger partial charge in [0.15, 0.2) is 0 Å². The summed E-state index contributed by atoms with van der Waals surface area (Å²) in [7, 11) is 0. The van der Waals surface area contributed by atoms with E-state index >= 15 is 0 Å². The van der Waals surface area contributed by atoms with Gasteiger partial charge >= 0.3 is 0 Å². The summed E-state index contributed by atoms with van der Waals surface area (Å²) in [4.78, 5) is 12.3. The number of carbonyl (C=O) groups excluding carboxylic acids is 1. The van der Waals surface area contributed by atoms with Crippen molar-refractivity contribution in [3.05, 3.63) is 0 Å². The van der Waals surface area contributed by atoms with Crippen LogP contribution in [0.3, 0.4) is 0 Å². The second kappa shape index (κ2) is 8.11. The van der Waals surface area contributed by atoms with Gasteiger partial charge in [0.2, 0.25) is 5.91 Å². The zero-order chi connectivity index (χ0) is 13.0. The first kappa shape index (κ1) is 16.8. The van der Waals surface area contributed by atoms with Crippen LogP contribution in [-0.4, -0.2) is 18.5 Å². The second-order valence-corrected chi connectivity index (χ2v) is 6.18. The van der Waals surface area contributed by atoms with Crippen molar-refractivity contribution in [3.8, 4) is 0 Å². The van der Waals surface area contributed by atoms with Crippen LogP contribution in [0.15, 0.2) is 0 Å². The molecule has 2 atom stereocenters. The molecule has 2 fully saturated rings. The zero-order valence-electron chi connectivity index (χ0n) is 12.1. The summed E-state index contributed by atoms with van der Waals surface area (Å²) in [6, 6.07) is 0.232. The van der Waals surface area contributed by atoms with Crippen LogP contribution in [0.5, 0.6) is 0 Å². The molecule has 0 bridgehead atoms. The minimum atomic E-state index is 0. The quantitative estimate of drug-likeness (QED) is 0.757. The van der Waals surface area contributed by atoms with Crippen molar-refractivity contribution >= 4 is 18.3 Å². The molecule has 1 amide bonds. The van der Waals surface area contributed by atoms with Gasteiger partial charge in [-0.15, -0.1) is 12.4 Å². The number of amides is 1. The summed E-state index contributed by atoms with van der Waals surface area (Å²) in [5.74, 6) is 1.91. The van der Waals surface area contributed by atoms with Crippen LogP contribution >= 0.6 is 12.4 Å². The first-order valence-electron chi connectivity index (χ1n) is 7.75. The molecule has 2 unspecified atom stereocenters. The maximum Gasteiger partial charge on any atom is 0.223 e. The highest BCUT2D eigenvalue weighted by molar-refractivity contribution is 5.85. The molecule has 0 radical (unpaired) electrons. The van der Waals surface area contributed by atoms with Crippen molar-refractivity contribution in [2.45, 2.75) is 64.3 Å². The van der Waals surface area contributed by atoms with Crippen molar-refractivity contribution in [1.29, 1.82) is 0 Å². The van der Waals surface area contributed by atoms with E-state index in [9.17, 15) is 4.79 Å². The van der Waals surface area contributed by atoms with E-state index < -0.39 is 0 Å². The number of hydrogen-bond donors (Lipinski definition) is 2. The van der Waals surface area contributed by atoms with Gasteiger partial charge in [-0.2, -0.15) is 0 Å². The molecule has 0 aromatic heterocycles. The lowest BCUT2D eigenvalue weighted by molar-refractivity contribution is -0.126. The smallest absolute Gasteiger partial charge is 0.223 e. The Kier molecular flexibility index (Phi) is 7.16. The van der Waals surface area contributed by atoms with Crippen molar-refractivity contribution in [1.82, 2.24) is 5.32 Å². The fourth-order valence-electron chi connectivity index (χ4n) is 3.28. The largest absolute Gasteiger partial charge is 0.352 e. The van der Waals surface area contributed by atoms with E-state index in [4.69, 9.17) is 5.73 Å². The Labute approximate surface area is 123 Å². The van der Waals surface area contributed by atoms with Crippen molar-refractivity contribution in [3.63, 3.8) is 0 Å². The topological polar surface area (TPSA) is 55.1 Å². The molecule has 0 saturated heterocycles. The third-order valence-corrected chi connectivity index (χ3v) is 4.73. The molecule has 0 aromatic carbocycles.